The number of aromatic nitrogens is 1. The number of benzene rings is 2. The van der Waals surface area contributed by atoms with Crippen molar-refractivity contribution in [1.82, 2.24) is 9.47 Å². The average Bonchev–Trinajstić information content (AvgIpc) is 3.22. The molecule has 4 rings (SSSR count). The molecule has 0 saturated carbocycles. The summed E-state index contributed by atoms with van der Waals surface area (Å²) in [5.74, 6) is -0.0366. The molecule has 0 aliphatic heterocycles. The van der Waals surface area contributed by atoms with E-state index in [0.29, 0.717) is 24.4 Å². The van der Waals surface area contributed by atoms with Gasteiger partial charge in [0, 0.05) is 35.4 Å². The van der Waals surface area contributed by atoms with Gasteiger partial charge in [0.05, 0.1) is 5.52 Å². The van der Waals surface area contributed by atoms with E-state index in [0.717, 1.165) is 33.4 Å². The second-order valence-electron chi connectivity index (χ2n) is 6.81. The third kappa shape index (κ3) is 3.56. The summed E-state index contributed by atoms with van der Waals surface area (Å²) in [5.41, 5.74) is 3.26. The van der Waals surface area contributed by atoms with Crippen molar-refractivity contribution < 1.29 is 9.52 Å². The zero-order chi connectivity index (χ0) is 19.0. The molecule has 0 amide bonds. The van der Waals surface area contributed by atoms with E-state index >= 15 is 0 Å². The number of rotatable bonds is 6. The van der Waals surface area contributed by atoms with Gasteiger partial charge in [-0.2, -0.15) is 0 Å². The second-order valence-corrected chi connectivity index (χ2v) is 7.75. The fraction of sp³-hybridized carbons (Fsp3) is 0.250. The number of aromatic hydroxyl groups is 1. The number of nitrogens with one attached hydrogen (secondary N) is 1. The maximum absolute atomic E-state index is 12.1. The van der Waals surface area contributed by atoms with Crippen molar-refractivity contribution >= 4 is 38.2 Å². The zero-order valence-corrected chi connectivity index (χ0v) is 16.0. The fourth-order valence-corrected chi connectivity index (χ4v) is 3.97. The van der Waals surface area contributed by atoms with Crippen molar-refractivity contribution in [1.29, 1.82) is 0 Å². The number of hydrogen-bond donors (Lipinski definition) is 2. The van der Waals surface area contributed by atoms with Gasteiger partial charge in [-0.15, -0.1) is 11.3 Å². The molecule has 0 atom stereocenters. The topological polar surface area (TPSA) is 70.6 Å². The molecular formula is C20H21N3O3S. The highest BCUT2D eigenvalue weighted by atomic mass is 32.1. The quantitative estimate of drug-likeness (QED) is 0.531. The van der Waals surface area contributed by atoms with E-state index in [-0.39, 0.29) is 5.76 Å². The molecule has 2 aromatic heterocycles. The normalized spacial score (nSPS) is 11.7. The van der Waals surface area contributed by atoms with Crippen LogP contribution >= 0.6 is 11.3 Å². The van der Waals surface area contributed by atoms with Gasteiger partial charge in [-0.3, -0.25) is 4.57 Å². The third-order valence-corrected chi connectivity index (χ3v) is 5.41. The van der Waals surface area contributed by atoms with Crippen LogP contribution in [0.1, 0.15) is 5.56 Å². The first-order valence-electron chi connectivity index (χ1n) is 8.72. The summed E-state index contributed by atoms with van der Waals surface area (Å²) in [4.78, 5) is 14.1. The maximum Gasteiger partial charge on any atom is 0.419 e. The number of thiophene rings is 1. The molecule has 0 aliphatic rings. The predicted octanol–water partition coefficient (Wildman–Crippen LogP) is 3.69. The molecule has 2 heterocycles. The molecule has 0 spiro atoms. The number of nitrogens with zero attached hydrogens (tertiary/aromatic N) is 2. The first-order valence-corrected chi connectivity index (χ1v) is 9.60. The Labute approximate surface area is 160 Å². The van der Waals surface area contributed by atoms with Gasteiger partial charge in [-0.05, 0) is 61.4 Å². The van der Waals surface area contributed by atoms with E-state index in [9.17, 15) is 9.90 Å². The number of phenolic OH excluding ortho intramolecular Hbond substituents is 1. The van der Waals surface area contributed by atoms with Crippen LogP contribution in [0.15, 0.2) is 51.0 Å². The predicted molar refractivity (Wildman–Crippen MR) is 110 cm³/mol. The SMILES string of the molecule is CN(C)CCn1c(=O)oc2ccc(NCc3cc(O)c4ccsc4c3)cc21. The van der Waals surface area contributed by atoms with Gasteiger partial charge < -0.3 is 19.7 Å². The zero-order valence-electron chi connectivity index (χ0n) is 15.2. The molecule has 0 bridgehead atoms. The molecule has 0 unspecified atom stereocenters. The van der Waals surface area contributed by atoms with Gasteiger partial charge in [-0.1, -0.05) is 0 Å². The van der Waals surface area contributed by atoms with E-state index in [2.05, 4.69) is 11.4 Å². The lowest BCUT2D eigenvalue weighted by Crippen LogP contribution is -2.23. The minimum absolute atomic E-state index is 0.299. The van der Waals surface area contributed by atoms with E-state index in [1.54, 1.807) is 22.0 Å². The lowest BCUT2D eigenvalue weighted by atomic mass is 10.1. The lowest BCUT2D eigenvalue weighted by Gasteiger charge is -2.10. The van der Waals surface area contributed by atoms with Crippen LogP contribution in [0.3, 0.4) is 0 Å². The Morgan fingerprint density at radius 2 is 2.07 bits per heavy atom. The second kappa shape index (κ2) is 7.09. The summed E-state index contributed by atoms with van der Waals surface area (Å²) in [6, 6.07) is 11.4. The highest BCUT2D eigenvalue weighted by Crippen LogP contribution is 2.31. The highest BCUT2D eigenvalue weighted by Gasteiger charge is 2.10. The Hall–Kier alpha value is -2.77. The number of fused-ring (bicyclic) bond motifs is 2. The summed E-state index contributed by atoms with van der Waals surface area (Å²) < 4.78 is 8.05. The van der Waals surface area contributed by atoms with Crippen molar-refractivity contribution in [3.8, 4) is 5.75 Å². The van der Waals surface area contributed by atoms with Crippen LogP contribution in [-0.2, 0) is 13.1 Å². The minimum Gasteiger partial charge on any atom is -0.507 e. The molecule has 4 aromatic rings. The Bertz CT molecular complexity index is 1160. The molecule has 27 heavy (non-hydrogen) atoms. The van der Waals surface area contributed by atoms with Gasteiger partial charge in [0.25, 0.3) is 0 Å². The highest BCUT2D eigenvalue weighted by molar-refractivity contribution is 7.17. The van der Waals surface area contributed by atoms with E-state index in [1.165, 1.54) is 0 Å². The summed E-state index contributed by atoms with van der Waals surface area (Å²) >= 11 is 1.61. The van der Waals surface area contributed by atoms with Crippen LogP contribution in [0.2, 0.25) is 0 Å². The number of anilines is 1. The van der Waals surface area contributed by atoms with E-state index in [1.807, 2.05) is 48.6 Å². The molecule has 140 valence electrons. The monoisotopic (exact) mass is 383 g/mol. The fourth-order valence-electron chi connectivity index (χ4n) is 3.10. The smallest absolute Gasteiger partial charge is 0.419 e. The van der Waals surface area contributed by atoms with Gasteiger partial charge in [0.2, 0.25) is 0 Å². The van der Waals surface area contributed by atoms with Crippen LogP contribution in [0, 0.1) is 0 Å². The number of oxazole rings is 1. The van der Waals surface area contributed by atoms with Gasteiger partial charge >= 0.3 is 5.76 Å². The molecular weight excluding hydrogens is 362 g/mol. The summed E-state index contributed by atoms with van der Waals surface area (Å²) in [6.07, 6.45) is 0. The molecule has 0 saturated heterocycles. The van der Waals surface area contributed by atoms with Crippen LogP contribution in [0.4, 0.5) is 5.69 Å². The van der Waals surface area contributed by atoms with Gasteiger partial charge in [0.15, 0.2) is 5.58 Å². The van der Waals surface area contributed by atoms with Gasteiger partial charge in [-0.25, -0.2) is 4.79 Å². The molecule has 7 heteroatoms. The van der Waals surface area contributed by atoms with Crippen LogP contribution in [-0.4, -0.2) is 35.2 Å². The van der Waals surface area contributed by atoms with Crippen LogP contribution < -0.4 is 11.1 Å². The number of phenols is 1. The Morgan fingerprint density at radius 3 is 2.89 bits per heavy atom. The van der Waals surface area contributed by atoms with Crippen LogP contribution in [0.25, 0.3) is 21.2 Å². The van der Waals surface area contributed by atoms with Crippen molar-refractivity contribution in [3.05, 3.63) is 57.9 Å². The first kappa shape index (κ1) is 17.6. The Balaban J connectivity index is 1.57. The maximum atomic E-state index is 12.1. The van der Waals surface area contributed by atoms with E-state index < -0.39 is 0 Å². The lowest BCUT2D eigenvalue weighted by molar-refractivity contribution is 0.374. The summed E-state index contributed by atoms with van der Waals surface area (Å²) in [5, 5.41) is 16.4. The number of hydrogen-bond acceptors (Lipinski definition) is 6. The standard InChI is InChI=1S/C20H21N3O3S/c1-22(2)6-7-23-16-11-14(3-4-18(16)26-20(23)25)21-12-13-9-17(24)15-5-8-27-19(15)10-13/h3-5,8-11,21,24H,6-7,12H2,1-2H3. The van der Waals surface area contributed by atoms with Crippen molar-refractivity contribution in [2.75, 3.05) is 26.0 Å². The molecule has 0 radical (unpaired) electrons. The van der Waals surface area contributed by atoms with Crippen molar-refractivity contribution in [2.45, 2.75) is 13.1 Å². The Morgan fingerprint density at radius 1 is 1.22 bits per heavy atom. The first-order chi connectivity index (χ1) is 13.0. The molecule has 0 fully saturated rings. The van der Waals surface area contributed by atoms with Crippen LogP contribution in [0.5, 0.6) is 5.75 Å². The average molecular weight is 383 g/mol. The summed E-state index contributed by atoms with van der Waals surface area (Å²) in [7, 11) is 3.94. The summed E-state index contributed by atoms with van der Waals surface area (Å²) in [6.45, 7) is 1.91. The molecule has 0 aliphatic carbocycles. The van der Waals surface area contributed by atoms with Crippen molar-refractivity contribution in [2.24, 2.45) is 0 Å². The largest absolute Gasteiger partial charge is 0.507 e. The third-order valence-electron chi connectivity index (χ3n) is 4.54. The van der Waals surface area contributed by atoms with Crippen molar-refractivity contribution in [3.63, 3.8) is 0 Å². The molecule has 2 aromatic carbocycles. The molecule has 6 nitrogen and oxygen atoms in total. The molecule has 2 N–H and O–H groups in total. The van der Waals surface area contributed by atoms with Gasteiger partial charge in [0.1, 0.15) is 5.75 Å². The Kier molecular flexibility index (Phi) is 4.63. The minimum atomic E-state index is -0.336. The number of likely N-dealkylation sites (N-methyl/N-ethyl adjacent to an activating group) is 1. The van der Waals surface area contributed by atoms with E-state index in [4.69, 9.17) is 4.42 Å².